The molecule has 1 heterocycles. The Balaban J connectivity index is 2.51. The lowest BCUT2D eigenvalue weighted by atomic mass is 9.91. The van der Waals surface area contributed by atoms with Gasteiger partial charge >= 0.3 is 5.97 Å². The van der Waals surface area contributed by atoms with Gasteiger partial charge in [0.25, 0.3) is 0 Å². The molecule has 1 saturated heterocycles. The summed E-state index contributed by atoms with van der Waals surface area (Å²) >= 11 is 1.79. The second-order valence-electron chi connectivity index (χ2n) is 3.43. The highest BCUT2D eigenvalue weighted by molar-refractivity contribution is 7.99. The zero-order chi connectivity index (χ0) is 9.19. The first kappa shape index (κ1) is 9.86. The van der Waals surface area contributed by atoms with Gasteiger partial charge in [0.15, 0.2) is 0 Å². The van der Waals surface area contributed by atoms with Crippen LogP contribution in [0, 0.1) is 0 Å². The standard InChI is InChI=1S/C8H14O3S/c1-6-4-8(11,2-3-12-6)5-7(9)10/h6,11H,2-5H2,1H3,(H,9,10). The van der Waals surface area contributed by atoms with E-state index in [1.54, 1.807) is 11.8 Å². The van der Waals surface area contributed by atoms with Gasteiger partial charge in [0, 0.05) is 5.25 Å². The topological polar surface area (TPSA) is 57.5 Å². The van der Waals surface area contributed by atoms with Crippen molar-refractivity contribution < 1.29 is 15.0 Å². The van der Waals surface area contributed by atoms with Crippen molar-refractivity contribution in [3.8, 4) is 0 Å². The highest BCUT2D eigenvalue weighted by Crippen LogP contribution is 2.34. The first-order valence-electron chi connectivity index (χ1n) is 4.08. The summed E-state index contributed by atoms with van der Waals surface area (Å²) in [4.78, 5) is 10.4. The molecule has 1 rings (SSSR count). The Labute approximate surface area is 76.2 Å². The van der Waals surface area contributed by atoms with E-state index in [1.807, 2.05) is 6.92 Å². The molecular formula is C8H14O3S. The maximum atomic E-state index is 10.4. The van der Waals surface area contributed by atoms with E-state index in [-0.39, 0.29) is 6.42 Å². The number of hydrogen-bond donors (Lipinski definition) is 2. The Kier molecular flexibility index (Phi) is 3.01. The third kappa shape index (κ3) is 2.68. The van der Waals surface area contributed by atoms with Gasteiger partial charge in [-0.05, 0) is 18.6 Å². The largest absolute Gasteiger partial charge is 0.481 e. The van der Waals surface area contributed by atoms with Crippen molar-refractivity contribution in [2.24, 2.45) is 0 Å². The number of carbonyl (C=O) groups is 1. The SMILES string of the molecule is CC1CC(O)(CC(=O)O)CCS1. The quantitative estimate of drug-likeness (QED) is 0.684. The van der Waals surface area contributed by atoms with Gasteiger partial charge in [0.2, 0.25) is 0 Å². The van der Waals surface area contributed by atoms with Gasteiger partial charge < -0.3 is 10.2 Å². The van der Waals surface area contributed by atoms with E-state index < -0.39 is 11.6 Å². The molecule has 70 valence electrons. The van der Waals surface area contributed by atoms with Crippen LogP contribution in [-0.4, -0.2) is 32.8 Å². The van der Waals surface area contributed by atoms with Crippen LogP contribution < -0.4 is 0 Å². The summed E-state index contributed by atoms with van der Waals surface area (Å²) in [5.74, 6) is -0.0399. The Hall–Kier alpha value is -0.220. The highest BCUT2D eigenvalue weighted by atomic mass is 32.2. The lowest BCUT2D eigenvalue weighted by molar-refractivity contribution is -0.143. The van der Waals surface area contributed by atoms with Crippen molar-refractivity contribution in [1.29, 1.82) is 0 Å². The zero-order valence-corrected chi connectivity index (χ0v) is 7.93. The van der Waals surface area contributed by atoms with Crippen LogP contribution in [0.2, 0.25) is 0 Å². The third-order valence-electron chi connectivity index (χ3n) is 2.12. The highest BCUT2D eigenvalue weighted by Gasteiger charge is 2.34. The van der Waals surface area contributed by atoms with Crippen molar-refractivity contribution in [2.45, 2.75) is 37.0 Å². The molecule has 0 saturated carbocycles. The molecular weight excluding hydrogens is 176 g/mol. The molecule has 0 spiro atoms. The van der Waals surface area contributed by atoms with Gasteiger partial charge in [-0.15, -0.1) is 0 Å². The molecule has 0 amide bonds. The fraction of sp³-hybridized carbons (Fsp3) is 0.875. The average Bonchev–Trinajstić information content (AvgIpc) is 1.82. The number of aliphatic carboxylic acids is 1. The van der Waals surface area contributed by atoms with Crippen LogP contribution in [0.4, 0.5) is 0 Å². The van der Waals surface area contributed by atoms with E-state index >= 15 is 0 Å². The van der Waals surface area contributed by atoms with E-state index in [0.717, 1.165) is 5.75 Å². The summed E-state index contributed by atoms with van der Waals surface area (Å²) in [6.07, 6.45) is 1.09. The first-order valence-corrected chi connectivity index (χ1v) is 5.12. The fourth-order valence-electron chi connectivity index (χ4n) is 1.59. The summed E-state index contributed by atoms with van der Waals surface area (Å²) in [7, 11) is 0. The van der Waals surface area contributed by atoms with E-state index in [1.165, 1.54) is 0 Å². The Morgan fingerprint density at radius 1 is 1.75 bits per heavy atom. The van der Waals surface area contributed by atoms with Crippen LogP contribution in [0.5, 0.6) is 0 Å². The van der Waals surface area contributed by atoms with E-state index in [0.29, 0.717) is 18.1 Å². The molecule has 2 atom stereocenters. The summed E-state index contributed by atoms with van der Waals surface area (Å²) in [5.41, 5.74) is -0.948. The molecule has 0 aromatic carbocycles. The molecule has 0 aliphatic carbocycles. The number of hydrogen-bond acceptors (Lipinski definition) is 3. The zero-order valence-electron chi connectivity index (χ0n) is 7.12. The first-order chi connectivity index (χ1) is 5.52. The molecule has 1 aliphatic heterocycles. The lowest BCUT2D eigenvalue weighted by Gasteiger charge is -2.33. The van der Waals surface area contributed by atoms with Crippen LogP contribution in [-0.2, 0) is 4.79 Å². The molecule has 4 heteroatoms. The molecule has 2 N–H and O–H groups in total. The molecule has 0 radical (unpaired) electrons. The fourth-order valence-corrected chi connectivity index (χ4v) is 2.92. The predicted molar refractivity (Wildman–Crippen MR) is 48.4 cm³/mol. The summed E-state index contributed by atoms with van der Waals surface area (Å²) in [6.45, 7) is 2.02. The van der Waals surface area contributed by atoms with Gasteiger partial charge in [-0.25, -0.2) is 0 Å². The van der Waals surface area contributed by atoms with Crippen LogP contribution >= 0.6 is 11.8 Å². The van der Waals surface area contributed by atoms with Gasteiger partial charge in [0.1, 0.15) is 0 Å². The monoisotopic (exact) mass is 190 g/mol. The minimum absolute atomic E-state index is 0.113. The molecule has 12 heavy (non-hydrogen) atoms. The molecule has 1 fully saturated rings. The smallest absolute Gasteiger partial charge is 0.306 e. The van der Waals surface area contributed by atoms with Crippen molar-refractivity contribution in [2.75, 3.05) is 5.75 Å². The maximum absolute atomic E-state index is 10.4. The number of rotatable bonds is 2. The number of carboxylic acids is 1. The molecule has 2 unspecified atom stereocenters. The summed E-state index contributed by atoms with van der Waals surface area (Å²) in [5, 5.41) is 18.7. The van der Waals surface area contributed by atoms with Gasteiger partial charge in [0.05, 0.1) is 12.0 Å². The Bertz CT molecular complexity index is 183. The van der Waals surface area contributed by atoms with Gasteiger partial charge in [-0.2, -0.15) is 11.8 Å². The van der Waals surface area contributed by atoms with Crippen LogP contribution in [0.15, 0.2) is 0 Å². The minimum Gasteiger partial charge on any atom is -0.481 e. The predicted octanol–water partition coefficient (Wildman–Crippen LogP) is 1.11. The Morgan fingerprint density at radius 3 is 2.92 bits per heavy atom. The lowest BCUT2D eigenvalue weighted by Crippen LogP contribution is -2.38. The van der Waals surface area contributed by atoms with Crippen molar-refractivity contribution >= 4 is 17.7 Å². The molecule has 3 nitrogen and oxygen atoms in total. The normalized spacial score (nSPS) is 36.3. The van der Waals surface area contributed by atoms with E-state index in [9.17, 15) is 9.90 Å². The van der Waals surface area contributed by atoms with E-state index in [2.05, 4.69) is 0 Å². The minimum atomic E-state index is -0.948. The maximum Gasteiger partial charge on any atom is 0.306 e. The molecule has 1 aliphatic rings. The Morgan fingerprint density at radius 2 is 2.42 bits per heavy atom. The van der Waals surface area contributed by atoms with Crippen molar-refractivity contribution in [3.63, 3.8) is 0 Å². The molecule has 0 aromatic rings. The van der Waals surface area contributed by atoms with Crippen molar-refractivity contribution in [3.05, 3.63) is 0 Å². The van der Waals surface area contributed by atoms with Crippen LogP contribution in [0.3, 0.4) is 0 Å². The summed E-state index contributed by atoms with van der Waals surface area (Å²) < 4.78 is 0. The second kappa shape index (κ2) is 3.66. The molecule has 0 aromatic heterocycles. The second-order valence-corrected chi connectivity index (χ2v) is 4.98. The van der Waals surface area contributed by atoms with Crippen molar-refractivity contribution in [1.82, 2.24) is 0 Å². The number of thioether (sulfide) groups is 1. The van der Waals surface area contributed by atoms with Gasteiger partial charge in [-0.1, -0.05) is 6.92 Å². The van der Waals surface area contributed by atoms with Crippen LogP contribution in [0.25, 0.3) is 0 Å². The number of carboxylic acid groups (broad SMARTS) is 1. The van der Waals surface area contributed by atoms with E-state index in [4.69, 9.17) is 5.11 Å². The summed E-state index contributed by atoms with van der Waals surface area (Å²) in [6, 6.07) is 0. The molecule has 0 bridgehead atoms. The third-order valence-corrected chi connectivity index (χ3v) is 3.29. The van der Waals surface area contributed by atoms with Crippen LogP contribution in [0.1, 0.15) is 26.2 Å². The number of aliphatic hydroxyl groups is 1. The van der Waals surface area contributed by atoms with Gasteiger partial charge in [-0.3, -0.25) is 4.79 Å². The average molecular weight is 190 g/mol.